The van der Waals surface area contributed by atoms with Crippen molar-refractivity contribution >= 4 is 15.8 Å². The van der Waals surface area contributed by atoms with Gasteiger partial charge in [-0.05, 0) is 35.9 Å². The van der Waals surface area contributed by atoms with Crippen molar-refractivity contribution in [3.63, 3.8) is 0 Å². The number of anilines is 1. The summed E-state index contributed by atoms with van der Waals surface area (Å²) in [6.45, 7) is 0.155. The number of nitrogens with zero attached hydrogens (tertiary/aromatic N) is 3. The molecule has 1 aromatic carbocycles. The van der Waals surface area contributed by atoms with E-state index in [1.54, 1.807) is 24.4 Å². The highest BCUT2D eigenvalue weighted by atomic mass is 32.2. The molecule has 0 unspecified atom stereocenters. The molecule has 0 saturated carbocycles. The summed E-state index contributed by atoms with van der Waals surface area (Å²) in [6.07, 6.45) is 1.63. The van der Waals surface area contributed by atoms with Gasteiger partial charge in [-0.1, -0.05) is 6.07 Å². The molecule has 0 bridgehead atoms. The van der Waals surface area contributed by atoms with Crippen LogP contribution in [-0.4, -0.2) is 27.5 Å². The van der Waals surface area contributed by atoms with E-state index in [9.17, 15) is 8.42 Å². The molecule has 2 aromatic rings. The van der Waals surface area contributed by atoms with E-state index >= 15 is 0 Å². The minimum Gasteiger partial charge on any atom is -0.363 e. The molecule has 2 rings (SSSR count). The van der Waals surface area contributed by atoms with E-state index in [0.717, 1.165) is 11.4 Å². The number of pyridine rings is 1. The Labute approximate surface area is 130 Å². The molecule has 1 heterocycles. The maximum Gasteiger partial charge on any atom is 0.240 e. The average Bonchev–Trinajstić information content (AvgIpc) is 2.53. The molecule has 114 valence electrons. The van der Waals surface area contributed by atoms with Gasteiger partial charge in [-0.15, -0.1) is 0 Å². The zero-order valence-corrected chi connectivity index (χ0v) is 13.1. The van der Waals surface area contributed by atoms with Crippen molar-refractivity contribution in [1.82, 2.24) is 9.71 Å². The van der Waals surface area contributed by atoms with Crippen molar-refractivity contribution in [3.8, 4) is 6.07 Å². The zero-order chi connectivity index (χ0) is 16.2. The van der Waals surface area contributed by atoms with Crippen molar-refractivity contribution in [1.29, 1.82) is 5.26 Å². The van der Waals surface area contributed by atoms with Crippen LogP contribution in [0.25, 0.3) is 0 Å². The molecular formula is C15H16N4O2S. The van der Waals surface area contributed by atoms with Gasteiger partial charge in [0.15, 0.2) is 0 Å². The number of nitrogens with one attached hydrogen (secondary N) is 1. The fourth-order valence-electron chi connectivity index (χ4n) is 1.81. The number of rotatable bonds is 5. The molecule has 6 nitrogen and oxygen atoms in total. The zero-order valence-electron chi connectivity index (χ0n) is 12.3. The predicted octanol–water partition coefficient (Wildman–Crippen LogP) is 1.50. The number of hydrogen-bond acceptors (Lipinski definition) is 5. The van der Waals surface area contributed by atoms with Crippen LogP contribution in [0.4, 0.5) is 5.82 Å². The molecule has 0 spiro atoms. The lowest BCUT2D eigenvalue weighted by Crippen LogP contribution is -2.23. The number of hydrogen-bond donors (Lipinski definition) is 1. The smallest absolute Gasteiger partial charge is 0.240 e. The summed E-state index contributed by atoms with van der Waals surface area (Å²) >= 11 is 0. The van der Waals surface area contributed by atoms with Gasteiger partial charge in [0.2, 0.25) is 10.0 Å². The number of aromatic nitrogens is 1. The SMILES string of the molecule is CN(C)c1cc(CNS(=O)(=O)c2cccc(C#N)c2)ccn1. The van der Waals surface area contributed by atoms with Gasteiger partial charge in [-0.3, -0.25) is 0 Å². The molecular weight excluding hydrogens is 300 g/mol. The van der Waals surface area contributed by atoms with E-state index in [2.05, 4.69) is 9.71 Å². The first-order valence-corrected chi connectivity index (χ1v) is 8.03. The Bertz CT molecular complexity index is 810. The van der Waals surface area contributed by atoms with Gasteiger partial charge in [-0.2, -0.15) is 5.26 Å². The summed E-state index contributed by atoms with van der Waals surface area (Å²) in [5, 5.41) is 8.84. The van der Waals surface area contributed by atoms with E-state index < -0.39 is 10.0 Å². The van der Waals surface area contributed by atoms with Crippen molar-refractivity contribution in [2.24, 2.45) is 0 Å². The molecule has 0 radical (unpaired) electrons. The molecule has 0 aliphatic carbocycles. The minimum atomic E-state index is -3.66. The molecule has 0 aliphatic heterocycles. The Morgan fingerprint density at radius 2 is 2.05 bits per heavy atom. The summed E-state index contributed by atoms with van der Waals surface area (Å²) in [5.41, 5.74) is 1.11. The fourth-order valence-corrected chi connectivity index (χ4v) is 2.87. The Hall–Kier alpha value is -2.43. The van der Waals surface area contributed by atoms with Crippen LogP contribution in [0.5, 0.6) is 0 Å². The van der Waals surface area contributed by atoms with Crippen molar-refractivity contribution in [2.75, 3.05) is 19.0 Å². The van der Waals surface area contributed by atoms with Crippen LogP contribution in [0.1, 0.15) is 11.1 Å². The average molecular weight is 316 g/mol. The highest BCUT2D eigenvalue weighted by Crippen LogP contribution is 2.13. The topological polar surface area (TPSA) is 86.1 Å². The van der Waals surface area contributed by atoms with E-state index in [1.807, 2.05) is 31.1 Å². The molecule has 22 heavy (non-hydrogen) atoms. The van der Waals surface area contributed by atoms with Crippen LogP contribution in [0.2, 0.25) is 0 Å². The molecule has 0 atom stereocenters. The van der Waals surface area contributed by atoms with E-state index in [-0.39, 0.29) is 11.4 Å². The third-order valence-electron chi connectivity index (χ3n) is 3.01. The fraction of sp³-hybridized carbons (Fsp3) is 0.200. The summed E-state index contributed by atoms with van der Waals surface area (Å²) in [7, 11) is 0.0702. The van der Waals surface area contributed by atoms with E-state index in [4.69, 9.17) is 5.26 Å². The normalized spacial score (nSPS) is 11.0. The Morgan fingerprint density at radius 1 is 1.27 bits per heavy atom. The van der Waals surface area contributed by atoms with E-state index in [0.29, 0.717) is 5.56 Å². The Kier molecular flexibility index (Phi) is 4.75. The highest BCUT2D eigenvalue weighted by Gasteiger charge is 2.14. The summed E-state index contributed by atoms with van der Waals surface area (Å²) in [5.74, 6) is 0.753. The molecule has 7 heteroatoms. The highest BCUT2D eigenvalue weighted by molar-refractivity contribution is 7.89. The summed E-state index contributed by atoms with van der Waals surface area (Å²) < 4.78 is 27.0. The summed E-state index contributed by atoms with van der Waals surface area (Å²) in [4.78, 5) is 6.10. The number of nitriles is 1. The second-order valence-corrected chi connectivity index (χ2v) is 6.65. The lowest BCUT2D eigenvalue weighted by molar-refractivity contribution is 0.581. The molecule has 0 fully saturated rings. The van der Waals surface area contributed by atoms with Gasteiger partial charge < -0.3 is 4.90 Å². The first-order chi connectivity index (χ1) is 10.4. The maximum absolute atomic E-state index is 12.2. The predicted molar refractivity (Wildman–Crippen MR) is 83.7 cm³/mol. The second-order valence-electron chi connectivity index (χ2n) is 4.88. The quantitative estimate of drug-likeness (QED) is 0.903. The first kappa shape index (κ1) is 15.9. The van der Waals surface area contributed by atoms with Crippen LogP contribution < -0.4 is 9.62 Å². The van der Waals surface area contributed by atoms with Gasteiger partial charge in [0, 0.05) is 26.8 Å². The second kappa shape index (κ2) is 6.56. The first-order valence-electron chi connectivity index (χ1n) is 6.54. The van der Waals surface area contributed by atoms with Crippen LogP contribution >= 0.6 is 0 Å². The Morgan fingerprint density at radius 3 is 2.73 bits per heavy atom. The standard InChI is InChI=1S/C15H16N4O2S/c1-19(2)15-9-13(6-7-17-15)11-18-22(20,21)14-5-3-4-12(8-14)10-16/h3-9,18H,11H2,1-2H3. The molecule has 1 aromatic heterocycles. The third-order valence-corrected chi connectivity index (χ3v) is 4.41. The van der Waals surface area contributed by atoms with Crippen molar-refractivity contribution < 1.29 is 8.42 Å². The van der Waals surface area contributed by atoms with Gasteiger partial charge >= 0.3 is 0 Å². The van der Waals surface area contributed by atoms with Crippen molar-refractivity contribution in [2.45, 2.75) is 11.4 Å². The van der Waals surface area contributed by atoms with Gasteiger partial charge in [-0.25, -0.2) is 18.1 Å². The Balaban J connectivity index is 2.16. The largest absolute Gasteiger partial charge is 0.363 e. The monoisotopic (exact) mass is 316 g/mol. The summed E-state index contributed by atoms with van der Waals surface area (Å²) in [6, 6.07) is 11.4. The van der Waals surface area contributed by atoms with Crippen LogP contribution in [0.3, 0.4) is 0 Å². The molecule has 1 N–H and O–H groups in total. The maximum atomic E-state index is 12.2. The molecule has 0 saturated heterocycles. The third kappa shape index (κ3) is 3.81. The van der Waals surface area contributed by atoms with Crippen LogP contribution in [-0.2, 0) is 16.6 Å². The lowest BCUT2D eigenvalue weighted by Gasteiger charge is -2.12. The van der Waals surface area contributed by atoms with Gasteiger partial charge in [0.25, 0.3) is 0 Å². The number of benzene rings is 1. The van der Waals surface area contributed by atoms with Gasteiger partial charge in [0.05, 0.1) is 16.5 Å². The number of sulfonamides is 1. The van der Waals surface area contributed by atoms with Crippen LogP contribution in [0.15, 0.2) is 47.5 Å². The molecule has 0 amide bonds. The van der Waals surface area contributed by atoms with Crippen LogP contribution in [0, 0.1) is 11.3 Å². The minimum absolute atomic E-state index is 0.0773. The molecule has 0 aliphatic rings. The van der Waals surface area contributed by atoms with E-state index in [1.165, 1.54) is 12.1 Å². The van der Waals surface area contributed by atoms with Crippen molar-refractivity contribution in [3.05, 3.63) is 53.7 Å². The van der Waals surface area contributed by atoms with Gasteiger partial charge in [0.1, 0.15) is 5.82 Å². The lowest BCUT2D eigenvalue weighted by atomic mass is 10.2.